The Bertz CT molecular complexity index is 470. The molecular formula is C9H10B2NO3S. The van der Waals surface area contributed by atoms with E-state index in [1.807, 2.05) is 0 Å². The second-order valence-corrected chi connectivity index (χ2v) is 5.34. The van der Waals surface area contributed by atoms with Crippen molar-refractivity contribution in [1.82, 2.24) is 5.23 Å². The Hall–Kier alpha value is -1.23. The van der Waals surface area contributed by atoms with E-state index in [1.54, 1.807) is 12.1 Å². The van der Waals surface area contributed by atoms with Gasteiger partial charge in [0.25, 0.3) is 0 Å². The quantitative estimate of drug-likeness (QED) is 0.711. The summed E-state index contributed by atoms with van der Waals surface area (Å²) < 4.78 is 22.3. The predicted molar refractivity (Wildman–Crippen MR) is 62.9 cm³/mol. The van der Waals surface area contributed by atoms with E-state index < -0.39 is 9.84 Å². The third-order valence-corrected chi connectivity index (χ3v) is 3.09. The fourth-order valence-corrected chi connectivity index (χ4v) is 1.81. The van der Waals surface area contributed by atoms with E-state index in [2.05, 4.69) is 5.23 Å². The van der Waals surface area contributed by atoms with Gasteiger partial charge in [-0.05, 0) is 17.7 Å². The Morgan fingerprint density at radius 2 is 1.94 bits per heavy atom. The lowest BCUT2D eigenvalue weighted by Gasteiger charge is -2.03. The monoisotopic (exact) mass is 234 g/mol. The molecule has 0 aliphatic carbocycles. The number of amides is 1. The minimum atomic E-state index is -3.19. The Morgan fingerprint density at radius 3 is 2.38 bits per heavy atom. The van der Waals surface area contributed by atoms with Crippen molar-refractivity contribution in [2.75, 3.05) is 6.26 Å². The van der Waals surface area contributed by atoms with Gasteiger partial charge in [0, 0.05) is 14.0 Å². The molecule has 1 aromatic carbocycles. The van der Waals surface area contributed by atoms with Gasteiger partial charge in [-0.25, -0.2) is 8.42 Å². The first-order valence-electron chi connectivity index (χ1n) is 4.55. The summed E-state index contributed by atoms with van der Waals surface area (Å²) >= 11 is 0. The normalized spacial score (nSPS) is 10.8. The molecule has 0 spiro atoms. The van der Waals surface area contributed by atoms with E-state index in [4.69, 9.17) is 7.74 Å². The molecule has 0 aliphatic heterocycles. The van der Waals surface area contributed by atoms with Crippen molar-refractivity contribution < 1.29 is 13.2 Å². The third kappa shape index (κ3) is 3.73. The molecule has 0 bridgehead atoms. The first-order chi connectivity index (χ1) is 7.43. The van der Waals surface area contributed by atoms with Crippen LogP contribution in [0, 0.1) is 0 Å². The number of carbonyl (C=O) groups excluding carboxylic acids is 1. The van der Waals surface area contributed by atoms with Crippen molar-refractivity contribution >= 4 is 30.8 Å². The number of nitrogens with one attached hydrogen (secondary N) is 1. The van der Waals surface area contributed by atoms with Crippen LogP contribution >= 0.6 is 0 Å². The van der Waals surface area contributed by atoms with Crippen molar-refractivity contribution in [3.8, 4) is 0 Å². The molecule has 81 valence electrons. The van der Waals surface area contributed by atoms with E-state index in [0.717, 1.165) is 19.1 Å². The van der Waals surface area contributed by atoms with Crippen LogP contribution in [0.3, 0.4) is 0 Å². The number of benzene rings is 1. The van der Waals surface area contributed by atoms with E-state index in [9.17, 15) is 13.2 Å². The highest BCUT2D eigenvalue weighted by molar-refractivity contribution is 7.90. The maximum absolute atomic E-state index is 11.2. The first kappa shape index (κ1) is 12.8. The largest absolute Gasteiger partial charge is 0.412 e. The smallest absolute Gasteiger partial charge is 0.211 e. The lowest BCUT2D eigenvalue weighted by molar-refractivity contribution is -0.118. The topological polar surface area (TPSA) is 63.2 Å². The molecule has 0 heterocycles. The fraction of sp³-hybridized carbons (Fsp3) is 0.222. The van der Waals surface area contributed by atoms with Crippen LogP contribution in [-0.4, -0.2) is 35.6 Å². The zero-order valence-corrected chi connectivity index (χ0v) is 9.62. The molecule has 0 fully saturated rings. The molecule has 16 heavy (non-hydrogen) atoms. The Labute approximate surface area is 97.0 Å². The maximum atomic E-state index is 11.2. The molecule has 0 aromatic heterocycles. The minimum Gasteiger partial charge on any atom is -0.412 e. The van der Waals surface area contributed by atoms with Crippen LogP contribution < -0.4 is 5.23 Å². The number of carbonyl (C=O) groups is 1. The van der Waals surface area contributed by atoms with Crippen molar-refractivity contribution in [3.63, 3.8) is 0 Å². The van der Waals surface area contributed by atoms with Gasteiger partial charge in [0.05, 0.1) is 11.3 Å². The summed E-state index contributed by atoms with van der Waals surface area (Å²) in [7, 11) is 2.91. The number of sulfone groups is 1. The lowest BCUT2D eigenvalue weighted by Crippen LogP contribution is -2.28. The molecule has 1 amide bonds. The van der Waals surface area contributed by atoms with Crippen molar-refractivity contribution in [3.05, 3.63) is 29.8 Å². The molecule has 1 N–H and O–H groups in total. The molecule has 3 radical (unpaired) electrons. The van der Waals surface area contributed by atoms with Crippen LogP contribution in [-0.2, 0) is 21.1 Å². The number of hydrogen-bond acceptors (Lipinski definition) is 3. The van der Waals surface area contributed by atoms with Crippen molar-refractivity contribution in [2.45, 2.75) is 11.3 Å². The van der Waals surface area contributed by atoms with Gasteiger partial charge in [-0.1, -0.05) is 12.1 Å². The molecular weight excluding hydrogens is 224 g/mol. The van der Waals surface area contributed by atoms with Gasteiger partial charge in [-0.15, -0.1) is 0 Å². The summed E-state index contributed by atoms with van der Waals surface area (Å²) in [6.07, 6.45) is 1.30. The predicted octanol–water partition coefficient (Wildman–Crippen LogP) is -0.549. The summed E-state index contributed by atoms with van der Waals surface area (Å²) in [5, 5.41) is 2.33. The fourth-order valence-electron chi connectivity index (χ4n) is 1.18. The summed E-state index contributed by atoms with van der Waals surface area (Å²) in [5.74, 6) is -0.241. The van der Waals surface area contributed by atoms with Gasteiger partial charge >= 0.3 is 0 Å². The molecule has 7 heteroatoms. The third-order valence-electron chi connectivity index (χ3n) is 1.96. The van der Waals surface area contributed by atoms with Crippen molar-refractivity contribution in [1.29, 1.82) is 0 Å². The second kappa shape index (κ2) is 5.21. The van der Waals surface area contributed by atoms with E-state index in [-0.39, 0.29) is 17.2 Å². The average molecular weight is 234 g/mol. The maximum Gasteiger partial charge on any atom is 0.211 e. The zero-order valence-electron chi connectivity index (χ0n) is 8.80. The van der Waals surface area contributed by atoms with Crippen LogP contribution in [0.15, 0.2) is 29.2 Å². The van der Waals surface area contributed by atoms with Gasteiger partial charge in [-0.3, -0.25) is 4.79 Å². The highest BCUT2D eigenvalue weighted by Crippen LogP contribution is 2.10. The van der Waals surface area contributed by atoms with Crippen LogP contribution in [0.5, 0.6) is 0 Å². The second-order valence-electron chi connectivity index (χ2n) is 3.33. The van der Waals surface area contributed by atoms with Gasteiger partial charge in [-0.2, -0.15) is 0 Å². The Morgan fingerprint density at radius 1 is 1.38 bits per heavy atom. The van der Waals surface area contributed by atoms with E-state index in [1.165, 1.54) is 12.1 Å². The zero-order chi connectivity index (χ0) is 12.2. The lowest BCUT2D eigenvalue weighted by atomic mass is 9.67. The van der Waals surface area contributed by atoms with Crippen molar-refractivity contribution in [2.24, 2.45) is 0 Å². The summed E-state index contributed by atoms with van der Waals surface area (Å²) in [6.45, 7) is 0. The van der Waals surface area contributed by atoms with E-state index in [0.29, 0.717) is 0 Å². The summed E-state index contributed by atoms with van der Waals surface area (Å²) in [6, 6.07) is 6.16. The summed E-state index contributed by atoms with van der Waals surface area (Å²) in [5.41, 5.74) is 0.728. The SMILES string of the molecule is [B][B]NC(=O)Cc1ccc(S(C)(=O)=O)cc1. The molecule has 0 saturated heterocycles. The average Bonchev–Trinajstić information content (AvgIpc) is 2.17. The van der Waals surface area contributed by atoms with Crippen LogP contribution in [0.1, 0.15) is 5.56 Å². The molecule has 0 aliphatic rings. The van der Waals surface area contributed by atoms with Crippen LogP contribution in [0.4, 0.5) is 0 Å². The number of hydrogen-bond donors (Lipinski definition) is 1. The van der Waals surface area contributed by atoms with Gasteiger partial charge in [0.1, 0.15) is 0 Å². The summed E-state index contributed by atoms with van der Waals surface area (Å²) in [4.78, 5) is 11.4. The molecule has 0 unspecified atom stereocenters. The standard InChI is InChI=1S/C9H10B2NO3S/c1-16(14,15)8-4-2-7(3-5-8)6-9(13)12-11-10/h2-5H,6H2,1H3,(H,12,13). The van der Waals surface area contributed by atoms with Crippen LogP contribution in [0.25, 0.3) is 0 Å². The molecule has 0 atom stereocenters. The first-order valence-corrected chi connectivity index (χ1v) is 6.44. The van der Waals surface area contributed by atoms with Gasteiger partial charge < -0.3 is 5.23 Å². The molecule has 1 rings (SSSR count). The van der Waals surface area contributed by atoms with E-state index >= 15 is 0 Å². The highest BCUT2D eigenvalue weighted by atomic mass is 32.2. The molecule has 1 aromatic rings. The van der Waals surface area contributed by atoms with Gasteiger partial charge in [0.15, 0.2) is 17.1 Å². The Balaban J connectivity index is 2.76. The highest BCUT2D eigenvalue weighted by Gasteiger charge is 2.07. The molecule has 0 saturated carbocycles. The Kier molecular flexibility index (Phi) is 4.18. The number of rotatable bonds is 4. The minimum absolute atomic E-state index is 0.164. The van der Waals surface area contributed by atoms with Gasteiger partial charge in [0.2, 0.25) is 5.91 Å². The van der Waals surface area contributed by atoms with Crippen LogP contribution in [0.2, 0.25) is 0 Å². The molecule has 4 nitrogen and oxygen atoms in total.